The van der Waals surface area contributed by atoms with Crippen molar-refractivity contribution in [3.8, 4) is 0 Å². The molecule has 0 aliphatic carbocycles. The van der Waals surface area contributed by atoms with Crippen LogP contribution in [0.1, 0.15) is 32.1 Å². The molecule has 1 unspecified atom stereocenters. The Bertz CT molecular complexity index is 259. The van der Waals surface area contributed by atoms with E-state index in [-0.39, 0.29) is 12.0 Å². The zero-order valence-electron chi connectivity index (χ0n) is 11.1. The van der Waals surface area contributed by atoms with Gasteiger partial charge in [-0.05, 0) is 32.1 Å². The van der Waals surface area contributed by atoms with E-state index in [2.05, 4.69) is 10.2 Å². The van der Waals surface area contributed by atoms with Gasteiger partial charge in [0.15, 0.2) is 0 Å². The molecule has 2 fully saturated rings. The molecule has 1 atom stereocenters. The van der Waals surface area contributed by atoms with Gasteiger partial charge >= 0.3 is 0 Å². The predicted octanol–water partition coefficient (Wildman–Crippen LogP) is 0.0948. The van der Waals surface area contributed by atoms with Crippen molar-refractivity contribution in [3.63, 3.8) is 0 Å². The van der Waals surface area contributed by atoms with Gasteiger partial charge in [0.25, 0.3) is 0 Å². The number of piperidine rings is 1. The van der Waals surface area contributed by atoms with E-state index in [1.165, 1.54) is 6.42 Å². The molecule has 2 aliphatic rings. The van der Waals surface area contributed by atoms with Crippen molar-refractivity contribution in [2.45, 2.75) is 44.2 Å². The normalized spacial score (nSPS) is 27.1. The topological polar surface area (TPSA) is 67.6 Å². The number of hydrogen-bond acceptors (Lipinski definition) is 4. The van der Waals surface area contributed by atoms with Crippen LogP contribution in [0.3, 0.4) is 0 Å². The van der Waals surface area contributed by atoms with Crippen molar-refractivity contribution >= 4 is 5.91 Å². The fourth-order valence-corrected chi connectivity index (χ4v) is 2.57. The monoisotopic (exact) mass is 255 g/mol. The number of carbonyl (C=O) groups excluding carboxylic acids is 1. The zero-order chi connectivity index (χ0) is 12.8. The largest absolute Gasteiger partial charge is 0.376 e. The van der Waals surface area contributed by atoms with Crippen molar-refractivity contribution in [2.24, 2.45) is 5.73 Å². The maximum Gasteiger partial charge on any atom is 0.234 e. The van der Waals surface area contributed by atoms with Crippen LogP contribution in [0.5, 0.6) is 0 Å². The summed E-state index contributed by atoms with van der Waals surface area (Å²) in [6.45, 7) is 3.87. The summed E-state index contributed by atoms with van der Waals surface area (Å²) in [5, 5.41) is 2.97. The summed E-state index contributed by atoms with van der Waals surface area (Å²) in [5.41, 5.74) is 5.84. The Hall–Kier alpha value is -0.650. The Morgan fingerprint density at radius 1 is 1.28 bits per heavy atom. The molecule has 5 heteroatoms. The molecule has 18 heavy (non-hydrogen) atoms. The molecule has 0 radical (unpaired) electrons. The van der Waals surface area contributed by atoms with E-state index < -0.39 is 0 Å². The summed E-state index contributed by atoms with van der Waals surface area (Å²) in [6.07, 6.45) is 5.65. The van der Waals surface area contributed by atoms with E-state index in [1.54, 1.807) is 0 Å². The molecule has 104 valence electrons. The molecule has 2 rings (SSSR count). The van der Waals surface area contributed by atoms with Gasteiger partial charge in [0.05, 0.1) is 12.6 Å². The van der Waals surface area contributed by atoms with Gasteiger partial charge in [-0.1, -0.05) is 0 Å². The maximum atomic E-state index is 11.8. The van der Waals surface area contributed by atoms with Crippen LogP contribution in [0.15, 0.2) is 0 Å². The van der Waals surface area contributed by atoms with Crippen LogP contribution in [0.25, 0.3) is 0 Å². The number of amides is 1. The second-order valence-corrected chi connectivity index (χ2v) is 5.41. The SMILES string of the molecule is NC1CCN(CC(=O)NCC2CCCCO2)CC1. The van der Waals surface area contributed by atoms with Crippen molar-refractivity contribution in [2.75, 3.05) is 32.8 Å². The van der Waals surface area contributed by atoms with E-state index in [4.69, 9.17) is 10.5 Å². The first-order chi connectivity index (χ1) is 8.74. The van der Waals surface area contributed by atoms with Crippen LogP contribution in [-0.4, -0.2) is 55.7 Å². The van der Waals surface area contributed by atoms with Gasteiger partial charge in [0.2, 0.25) is 5.91 Å². The lowest BCUT2D eigenvalue weighted by atomic mass is 10.1. The molecule has 0 spiro atoms. The first kappa shape index (κ1) is 13.8. The van der Waals surface area contributed by atoms with Gasteiger partial charge in [-0.25, -0.2) is 0 Å². The van der Waals surface area contributed by atoms with E-state index in [0.717, 1.165) is 45.4 Å². The summed E-state index contributed by atoms with van der Waals surface area (Å²) in [5.74, 6) is 0.111. The molecule has 0 saturated carbocycles. The minimum atomic E-state index is 0.111. The number of likely N-dealkylation sites (tertiary alicyclic amines) is 1. The van der Waals surface area contributed by atoms with Crippen molar-refractivity contribution < 1.29 is 9.53 Å². The molecule has 5 nitrogen and oxygen atoms in total. The molecule has 3 N–H and O–H groups in total. The minimum absolute atomic E-state index is 0.111. The highest BCUT2D eigenvalue weighted by Crippen LogP contribution is 2.11. The van der Waals surface area contributed by atoms with Gasteiger partial charge in [-0.2, -0.15) is 0 Å². The Labute approximate surface area is 109 Å². The number of nitrogens with one attached hydrogen (secondary N) is 1. The third-order valence-electron chi connectivity index (χ3n) is 3.80. The summed E-state index contributed by atoms with van der Waals surface area (Å²) in [6, 6.07) is 0.319. The van der Waals surface area contributed by atoms with Crippen LogP contribution in [0.2, 0.25) is 0 Å². The second kappa shape index (κ2) is 7.07. The van der Waals surface area contributed by atoms with Crippen LogP contribution < -0.4 is 11.1 Å². The lowest BCUT2D eigenvalue weighted by Crippen LogP contribution is -2.46. The first-order valence-electron chi connectivity index (χ1n) is 7.10. The average Bonchev–Trinajstić information content (AvgIpc) is 2.40. The van der Waals surface area contributed by atoms with Crippen LogP contribution in [-0.2, 0) is 9.53 Å². The lowest BCUT2D eigenvalue weighted by molar-refractivity contribution is -0.123. The van der Waals surface area contributed by atoms with Crippen molar-refractivity contribution in [1.29, 1.82) is 0 Å². The van der Waals surface area contributed by atoms with Gasteiger partial charge < -0.3 is 15.8 Å². The minimum Gasteiger partial charge on any atom is -0.376 e. The van der Waals surface area contributed by atoms with Gasteiger partial charge in [0.1, 0.15) is 0 Å². The fraction of sp³-hybridized carbons (Fsp3) is 0.923. The van der Waals surface area contributed by atoms with Crippen LogP contribution >= 0.6 is 0 Å². The Balaban J connectivity index is 1.59. The molecule has 0 aromatic heterocycles. The number of hydrogen-bond donors (Lipinski definition) is 2. The summed E-state index contributed by atoms with van der Waals surface area (Å²) in [4.78, 5) is 14.0. The van der Waals surface area contributed by atoms with Gasteiger partial charge in [0, 0.05) is 32.3 Å². The molecule has 2 aliphatic heterocycles. The molecule has 0 aromatic rings. The average molecular weight is 255 g/mol. The molecule has 0 bridgehead atoms. The van der Waals surface area contributed by atoms with Crippen molar-refractivity contribution in [1.82, 2.24) is 10.2 Å². The molecule has 0 aromatic carbocycles. The second-order valence-electron chi connectivity index (χ2n) is 5.41. The first-order valence-corrected chi connectivity index (χ1v) is 7.10. The van der Waals surface area contributed by atoms with Gasteiger partial charge in [-0.3, -0.25) is 9.69 Å². The smallest absolute Gasteiger partial charge is 0.234 e. The Morgan fingerprint density at radius 3 is 2.72 bits per heavy atom. The van der Waals surface area contributed by atoms with E-state index in [0.29, 0.717) is 19.1 Å². The van der Waals surface area contributed by atoms with E-state index in [1.807, 2.05) is 0 Å². The van der Waals surface area contributed by atoms with Crippen LogP contribution in [0.4, 0.5) is 0 Å². The summed E-state index contributed by atoms with van der Waals surface area (Å²) < 4.78 is 5.59. The highest BCUT2D eigenvalue weighted by atomic mass is 16.5. The molecule has 2 saturated heterocycles. The number of carbonyl (C=O) groups is 1. The van der Waals surface area contributed by atoms with E-state index in [9.17, 15) is 4.79 Å². The number of nitrogens with zero attached hydrogens (tertiary/aromatic N) is 1. The quantitative estimate of drug-likeness (QED) is 0.747. The van der Waals surface area contributed by atoms with E-state index >= 15 is 0 Å². The number of nitrogens with two attached hydrogens (primary N) is 1. The third kappa shape index (κ3) is 4.55. The van der Waals surface area contributed by atoms with Gasteiger partial charge in [-0.15, -0.1) is 0 Å². The molecule has 1 amide bonds. The standard InChI is InChI=1S/C13H25N3O2/c14-11-4-6-16(7-5-11)10-13(17)15-9-12-3-1-2-8-18-12/h11-12H,1-10,14H2,(H,15,17). The molecular formula is C13H25N3O2. The number of ether oxygens (including phenoxy) is 1. The molecular weight excluding hydrogens is 230 g/mol. The lowest BCUT2D eigenvalue weighted by Gasteiger charge is -2.29. The van der Waals surface area contributed by atoms with Crippen LogP contribution in [0, 0.1) is 0 Å². The third-order valence-corrected chi connectivity index (χ3v) is 3.80. The Kier molecular flexibility index (Phi) is 5.41. The fourth-order valence-electron chi connectivity index (χ4n) is 2.57. The van der Waals surface area contributed by atoms with Crippen molar-refractivity contribution in [3.05, 3.63) is 0 Å². The number of rotatable bonds is 4. The maximum absolute atomic E-state index is 11.8. The highest BCUT2D eigenvalue weighted by molar-refractivity contribution is 5.78. The predicted molar refractivity (Wildman–Crippen MR) is 70.3 cm³/mol. The molecule has 2 heterocycles. The summed E-state index contributed by atoms with van der Waals surface area (Å²) >= 11 is 0. The highest BCUT2D eigenvalue weighted by Gasteiger charge is 2.19. The zero-order valence-corrected chi connectivity index (χ0v) is 11.1. The Morgan fingerprint density at radius 2 is 2.06 bits per heavy atom. The summed E-state index contributed by atoms with van der Waals surface area (Å²) in [7, 11) is 0.